The Labute approximate surface area is 131 Å². The normalized spacial score (nSPS) is 12.2. The summed E-state index contributed by atoms with van der Waals surface area (Å²) in [4.78, 5) is 0. The van der Waals surface area contributed by atoms with Crippen LogP contribution in [0.15, 0.2) is 40.9 Å². The van der Waals surface area contributed by atoms with Crippen molar-refractivity contribution < 1.29 is 9.13 Å². The summed E-state index contributed by atoms with van der Waals surface area (Å²) in [5, 5.41) is -0.526. The highest BCUT2D eigenvalue weighted by Crippen LogP contribution is 2.35. The molecule has 2 aromatic rings. The molecule has 0 amide bonds. The number of alkyl halides is 1. The number of hydrogen-bond acceptors (Lipinski definition) is 1. The lowest BCUT2D eigenvalue weighted by Gasteiger charge is -2.14. The molecule has 0 aliphatic heterocycles. The maximum atomic E-state index is 13.9. The van der Waals surface area contributed by atoms with Gasteiger partial charge in [0.05, 0.1) is 16.5 Å². The first-order chi connectivity index (χ1) is 9.52. The summed E-state index contributed by atoms with van der Waals surface area (Å²) >= 11 is 9.85. The first-order valence-electron chi connectivity index (χ1n) is 6.35. The van der Waals surface area contributed by atoms with E-state index in [-0.39, 0.29) is 5.82 Å². The minimum Gasteiger partial charge on any atom is -0.493 e. The fourth-order valence-corrected chi connectivity index (χ4v) is 2.80. The van der Waals surface area contributed by atoms with Gasteiger partial charge in [0.25, 0.3) is 0 Å². The fourth-order valence-electron chi connectivity index (χ4n) is 1.98. The number of halogens is 3. The molecule has 0 N–H and O–H groups in total. The van der Waals surface area contributed by atoms with Gasteiger partial charge in [-0.2, -0.15) is 0 Å². The molecule has 0 saturated carbocycles. The monoisotopic (exact) mass is 356 g/mol. The van der Waals surface area contributed by atoms with Crippen molar-refractivity contribution in [1.29, 1.82) is 0 Å². The summed E-state index contributed by atoms with van der Waals surface area (Å²) < 4.78 is 20.2. The maximum Gasteiger partial charge on any atom is 0.133 e. The van der Waals surface area contributed by atoms with Crippen molar-refractivity contribution in [2.75, 3.05) is 6.61 Å². The van der Waals surface area contributed by atoms with Gasteiger partial charge in [-0.15, -0.1) is 11.6 Å². The molecule has 1 atom stereocenters. The Morgan fingerprint density at radius 3 is 2.65 bits per heavy atom. The molecule has 0 aromatic heterocycles. The van der Waals surface area contributed by atoms with Gasteiger partial charge in [0.15, 0.2) is 0 Å². The highest BCUT2D eigenvalue weighted by atomic mass is 79.9. The molecule has 0 aliphatic carbocycles. The molecule has 0 bridgehead atoms. The molecule has 0 spiro atoms. The van der Waals surface area contributed by atoms with E-state index in [1.165, 1.54) is 6.07 Å². The van der Waals surface area contributed by atoms with Crippen LogP contribution in [0.2, 0.25) is 0 Å². The van der Waals surface area contributed by atoms with E-state index in [1.807, 2.05) is 32.0 Å². The smallest absolute Gasteiger partial charge is 0.133 e. The quantitative estimate of drug-likeness (QED) is 0.645. The van der Waals surface area contributed by atoms with Gasteiger partial charge in [-0.25, -0.2) is 4.39 Å². The number of rotatable bonds is 4. The Bertz CT molecular complexity index is 615. The second-order valence-corrected chi connectivity index (χ2v) is 5.80. The maximum absolute atomic E-state index is 13.9. The number of ether oxygens (including phenoxy) is 1. The summed E-state index contributed by atoms with van der Waals surface area (Å²) in [5.74, 6) is 0.463. The van der Waals surface area contributed by atoms with E-state index < -0.39 is 5.38 Å². The van der Waals surface area contributed by atoms with Crippen molar-refractivity contribution in [3.05, 3.63) is 63.4 Å². The van der Waals surface area contributed by atoms with Crippen molar-refractivity contribution >= 4 is 27.5 Å². The van der Waals surface area contributed by atoms with Gasteiger partial charge in [0.2, 0.25) is 0 Å². The summed E-state index contributed by atoms with van der Waals surface area (Å²) in [7, 11) is 0. The van der Waals surface area contributed by atoms with Crippen LogP contribution in [-0.4, -0.2) is 6.61 Å². The second-order valence-electron chi connectivity index (χ2n) is 4.51. The first kappa shape index (κ1) is 15.3. The van der Waals surface area contributed by atoms with Gasteiger partial charge in [-0.1, -0.05) is 23.8 Å². The molecule has 20 heavy (non-hydrogen) atoms. The molecule has 0 heterocycles. The molecule has 2 rings (SSSR count). The summed E-state index contributed by atoms with van der Waals surface area (Å²) in [6.07, 6.45) is 0. The molecular formula is C16H15BrClFO. The van der Waals surface area contributed by atoms with Crippen LogP contribution in [0.4, 0.5) is 4.39 Å². The molecule has 106 valence electrons. The van der Waals surface area contributed by atoms with Crippen LogP contribution in [0.1, 0.15) is 29.0 Å². The SMILES string of the molecule is CCOc1ccc(C(Cl)c2cc(C)ccc2F)cc1Br. The highest BCUT2D eigenvalue weighted by Gasteiger charge is 2.16. The van der Waals surface area contributed by atoms with Crippen LogP contribution < -0.4 is 4.74 Å². The number of benzene rings is 2. The molecule has 0 radical (unpaired) electrons. The van der Waals surface area contributed by atoms with E-state index in [0.717, 1.165) is 21.3 Å². The van der Waals surface area contributed by atoms with Gasteiger partial charge < -0.3 is 4.74 Å². The number of hydrogen-bond donors (Lipinski definition) is 0. The summed E-state index contributed by atoms with van der Waals surface area (Å²) in [6, 6.07) is 10.5. The van der Waals surface area contributed by atoms with E-state index in [0.29, 0.717) is 12.2 Å². The van der Waals surface area contributed by atoms with Crippen LogP contribution >= 0.6 is 27.5 Å². The predicted molar refractivity (Wildman–Crippen MR) is 84.1 cm³/mol. The Kier molecular flexibility index (Phi) is 5.06. The van der Waals surface area contributed by atoms with Crippen molar-refractivity contribution in [3.8, 4) is 5.75 Å². The molecule has 1 nitrogen and oxygen atoms in total. The largest absolute Gasteiger partial charge is 0.493 e. The van der Waals surface area contributed by atoms with Crippen molar-refractivity contribution in [1.82, 2.24) is 0 Å². The van der Waals surface area contributed by atoms with Crippen molar-refractivity contribution in [3.63, 3.8) is 0 Å². The molecular weight excluding hydrogens is 343 g/mol. The average molecular weight is 358 g/mol. The minimum atomic E-state index is -0.526. The van der Waals surface area contributed by atoms with Crippen LogP contribution in [0.5, 0.6) is 5.75 Å². The lowest BCUT2D eigenvalue weighted by Crippen LogP contribution is -1.99. The fraction of sp³-hybridized carbons (Fsp3) is 0.250. The van der Waals surface area contributed by atoms with Gasteiger partial charge in [0.1, 0.15) is 11.6 Å². The molecule has 4 heteroatoms. The molecule has 0 fully saturated rings. The third-order valence-corrected chi connectivity index (χ3v) is 4.08. The van der Waals surface area contributed by atoms with Crippen molar-refractivity contribution in [2.24, 2.45) is 0 Å². The van der Waals surface area contributed by atoms with Crippen LogP contribution in [0.3, 0.4) is 0 Å². The van der Waals surface area contributed by atoms with Crippen LogP contribution in [0.25, 0.3) is 0 Å². The summed E-state index contributed by atoms with van der Waals surface area (Å²) in [5.41, 5.74) is 2.30. The third kappa shape index (κ3) is 3.33. The Hall–Kier alpha value is -1.06. The zero-order valence-electron chi connectivity index (χ0n) is 11.3. The highest BCUT2D eigenvalue weighted by molar-refractivity contribution is 9.10. The topological polar surface area (TPSA) is 9.23 Å². The van der Waals surface area contributed by atoms with E-state index in [2.05, 4.69) is 15.9 Å². The van der Waals surface area contributed by atoms with Crippen LogP contribution in [-0.2, 0) is 0 Å². The molecule has 0 saturated heterocycles. The standard InChI is InChI=1S/C16H15BrClFO/c1-3-20-15-7-5-11(9-13(15)17)16(18)12-8-10(2)4-6-14(12)19/h4-9,16H,3H2,1-2H3. The first-order valence-corrected chi connectivity index (χ1v) is 7.58. The zero-order valence-corrected chi connectivity index (χ0v) is 13.6. The Balaban J connectivity index is 2.35. The predicted octanol–water partition coefficient (Wildman–Crippen LogP) is 5.62. The number of aryl methyl sites for hydroxylation is 1. The van der Waals surface area contributed by atoms with Gasteiger partial charge in [0, 0.05) is 5.56 Å². The lowest BCUT2D eigenvalue weighted by molar-refractivity contribution is 0.338. The molecule has 2 aromatic carbocycles. The second kappa shape index (κ2) is 6.59. The van der Waals surface area contributed by atoms with E-state index >= 15 is 0 Å². The minimum absolute atomic E-state index is 0.291. The van der Waals surface area contributed by atoms with E-state index in [1.54, 1.807) is 12.1 Å². The third-order valence-electron chi connectivity index (χ3n) is 2.97. The van der Waals surface area contributed by atoms with Gasteiger partial charge >= 0.3 is 0 Å². The lowest BCUT2D eigenvalue weighted by atomic mass is 10.0. The molecule has 1 unspecified atom stereocenters. The van der Waals surface area contributed by atoms with Gasteiger partial charge in [-0.3, -0.25) is 0 Å². The van der Waals surface area contributed by atoms with E-state index in [9.17, 15) is 4.39 Å². The molecule has 0 aliphatic rings. The summed E-state index contributed by atoms with van der Waals surface area (Å²) in [6.45, 7) is 4.43. The van der Waals surface area contributed by atoms with E-state index in [4.69, 9.17) is 16.3 Å². The van der Waals surface area contributed by atoms with Crippen molar-refractivity contribution in [2.45, 2.75) is 19.2 Å². The Morgan fingerprint density at radius 1 is 1.25 bits per heavy atom. The Morgan fingerprint density at radius 2 is 2.00 bits per heavy atom. The van der Waals surface area contributed by atoms with Gasteiger partial charge in [-0.05, 0) is 53.5 Å². The van der Waals surface area contributed by atoms with Crippen LogP contribution in [0, 0.1) is 12.7 Å². The average Bonchev–Trinajstić information content (AvgIpc) is 2.43. The zero-order chi connectivity index (χ0) is 14.7.